The van der Waals surface area contributed by atoms with Crippen molar-refractivity contribution in [2.24, 2.45) is 0 Å². The zero-order valence-electron chi connectivity index (χ0n) is 9.67. The molecule has 18 heavy (non-hydrogen) atoms. The summed E-state index contributed by atoms with van der Waals surface area (Å²) >= 11 is 3.09. The molecule has 2 N–H and O–H groups in total. The Bertz CT molecular complexity index is 498. The van der Waals surface area contributed by atoms with Gasteiger partial charge in [0.1, 0.15) is 0 Å². The number of carbonyl (C=O) groups is 1. The number of H-pyrrole nitrogens is 1. The summed E-state index contributed by atoms with van der Waals surface area (Å²) in [5, 5.41) is 11.0. The summed E-state index contributed by atoms with van der Waals surface area (Å²) in [6, 6.07) is 4.17. The third-order valence-corrected chi connectivity index (χ3v) is 3.97. The lowest BCUT2D eigenvalue weighted by Crippen LogP contribution is -2.14. The molecule has 2 rings (SSSR count). The summed E-state index contributed by atoms with van der Waals surface area (Å²) in [6.07, 6.45) is 0. The van der Waals surface area contributed by atoms with Crippen molar-refractivity contribution in [3.05, 3.63) is 17.5 Å². The highest BCUT2D eigenvalue weighted by atomic mass is 32.2. The fourth-order valence-electron chi connectivity index (χ4n) is 1.15. The predicted molar refractivity (Wildman–Crippen MR) is 71.2 cm³/mol. The van der Waals surface area contributed by atoms with Crippen LogP contribution in [0.15, 0.2) is 21.7 Å². The average molecular weight is 284 g/mol. The minimum atomic E-state index is -0.132. The quantitative estimate of drug-likeness (QED) is 0.793. The van der Waals surface area contributed by atoms with Crippen molar-refractivity contribution >= 4 is 35.0 Å². The number of aromatic amines is 1. The number of amides is 1. The SMILES string of the molecule is CCOc1n[nH]c(NC(=O)CSc2cccs2)n1. The fraction of sp³-hybridized carbons (Fsp3) is 0.300. The van der Waals surface area contributed by atoms with Crippen LogP contribution in [0.2, 0.25) is 0 Å². The molecule has 0 fully saturated rings. The van der Waals surface area contributed by atoms with E-state index in [4.69, 9.17) is 4.74 Å². The van der Waals surface area contributed by atoms with Crippen LogP contribution in [0.4, 0.5) is 5.95 Å². The van der Waals surface area contributed by atoms with Gasteiger partial charge in [-0.25, -0.2) is 5.10 Å². The molecule has 0 radical (unpaired) electrons. The molecule has 0 unspecified atom stereocenters. The number of hydrogen-bond acceptors (Lipinski definition) is 6. The Balaban J connectivity index is 1.79. The number of carbonyl (C=O) groups excluding carboxylic acids is 1. The summed E-state index contributed by atoms with van der Waals surface area (Å²) in [7, 11) is 0. The molecule has 0 saturated heterocycles. The summed E-state index contributed by atoms with van der Waals surface area (Å²) in [4.78, 5) is 15.6. The molecule has 2 aromatic rings. The van der Waals surface area contributed by atoms with Crippen LogP contribution in [0.25, 0.3) is 0 Å². The lowest BCUT2D eigenvalue weighted by molar-refractivity contribution is -0.113. The van der Waals surface area contributed by atoms with Crippen LogP contribution in [-0.2, 0) is 4.79 Å². The molecule has 0 aromatic carbocycles. The summed E-state index contributed by atoms with van der Waals surface area (Å²) < 4.78 is 6.19. The Kier molecular flexibility index (Phi) is 4.59. The second-order valence-electron chi connectivity index (χ2n) is 3.17. The number of thioether (sulfide) groups is 1. The first-order chi connectivity index (χ1) is 8.78. The van der Waals surface area contributed by atoms with Crippen molar-refractivity contribution in [2.45, 2.75) is 11.1 Å². The van der Waals surface area contributed by atoms with Gasteiger partial charge in [0.05, 0.1) is 16.6 Å². The molecule has 0 aliphatic heterocycles. The molecule has 0 saturated carbocycles. The number of aromatic nitrogens is 3. The van der Waals surface area contributed by atoms with Gasteiger partial charge in [-0.2, -0.15) is 4.98 Å². The van der Waals surface area contributed by atoms with Crippen LogP contribution in [0.3, 0.4) is 0 Å². The Morgan fingerprint density at radius 3 is 3.28 bits per heavy atom. The third kappa shape index (κ3) is 3.74. The smallest absolute Gasteiger partial charge is 0.337 e. The second kappa shape index (κ2) is 6.41. The Morgan fingerprint density at radius 1 is 1.67 bits per heavy atom. The van der Waals surface area contributed by atoms with E-state index in [1.54, 1.807) is 11.3 Å². The van der Waals surface area contributed by atoms with Crippen molar-refractivity contribution in [3.63, 3.8) is 0 Å². The van der Waals surface area contributed by atoms with E-state index in [-0.39, 0.29) is 11.9 Å². The maximum atomic E-state index is 11.6. The predicted octanol–water partition coefficient (Wildman–Crippen LogP) is 2.00. The number of nitrogens with zero attached hydrogens (tertiary/aromatic N) is 2. The molecule has 0 spiro atoms. The average Bonchev–Trinajstić information content (AvgIpc) is 2.99. The van der Waals surface area contributed by atoms with E-state index in [0.29, 0.717) is 18.3 Å². The minimum absolute atomic E-state index is 0.132. The first kappa shape index (κ1) is 12.9. The third-order valence-electron chi connectivity index (χ3n) is 1.84. The molecule has 6 nitrogen and oxygen atoms in total. The van der Waals surface area contributed by atoms with Gasteiger partial charge in [0.2, 0.25) is 11.9 Å². The maximum Gasteiger partial charge on any atom is 0.337 e. The lowest BCUT2D eigenvalue weighted by atomic mass is 10.7. The standard InChI is InChI=1S/C10H12N4O2S2/c1-2-16-10-12-9(13-14-10)11-7(15)6-18-8-4-3-5-17-8/h3-5H,2,6H2,1H3,(H2,11,12,13,14,15). The van der Waals surface area contributed by atoms with Gasteiger partial charge in [0.25, 0.3) is 0 Å². The molecule has 96 valence electrons. The number of thiophene rings is 1. The molecule has 0 bridgehead atoms. The fourth-order valence-corrected chi connectivity index (χ4v) is 2.73. The number of nitrogens with one attached hydrogen (secondary N) is 2. The van der Waals surface area contributed by atoms with E-state index in [1.165, 1.54) is 11.8 Å². The molecule has 8 heteroatoms. The highest BCUT2D eigenvalue weighted by Gasteiger charge is 2.08. The molecule has 1 amide bonds. The van der Waals surface area contributed by atoms with Crippen LogP contribution in [0, 0.1) is 0 Å². The van der Waals surface area contributed by atoms with Gasteiger partial charge in [0.15, 0.2) is 0 Å². The monoisotopic (exact) mass is 284 g/mol. The number of rotatable bonds is 6. The van der Waals surface area contributed by atoms with Gasteiger partial charge in [-0.3, -0.25) is 10.1 Å². The lowest BCUT2D eigenvalue weighted by Gasteiger charge is -1.99. The van der Waals surface area contributed by atoms with E-state index in [9.17, 15) is 4.79 Å². The van der Waals surface area contributed by atoms with E-state index in [0.717, 1.165) is 4.21 Å². The van der Waals surface area contributed by atoms with Gasteiger partial charge in [0, 0.05) is 0 Å². The van der Waals surface area contributed by atoms with Gasteiger partial charge >= 0.3 is 6.01 Å². The number of anilines is 1. The van der Waals surface area contributed by atoms with Crippen molar-refractivity contribution in [1.82, 2.24) is 15.2 Å². The normalized spacial score (nSPS) is 10.3. The Morgan fingerprint density at radius 2 is 2.56 bits per heavy atom. The van der Waals surface area contributed by atoms with E-state index >= 15 is 0 Å². The van der Waals surface area contributed by atoms with E-state index < -0.39 is 0 Å². The van der Waals surface area contributed by atoms with Crippen LogP contribution in [0.1, 0.15) is 6.92 Å². The molecule has 0 aliphatic carbocycles. The highest BCUT2D eigenvalue weighted by molar-refractivity contribution is 8.01. The maximum absolute atomic E-state index is 11.6. The molecule has 0 aliphatic rings. The minimum Gasteiger partial charge on any atom is -0.463 e. The molecular weight excluding hydrogens is 272 g/mol. The van der Waals surface area contributed by atoms with Crippen LogP contribution in [-0.4, -0.2) is 33.4 Å². The summed E-state index contributed by atoms with van der Waals surface area (Å²) in [5.74, 6) is 0.508. The second-order valence-corrected chi connectivity index (χ2v) is 5.39. The van der Waals surface area contributed by atoms with Crippen LogP contribution < -0.4 is 10.1 Å². The Labute approximate surface area is 112 Å². The van der Waals surface area contributed by atoms with Crippen molar-refractivity contribution in [3.8, 4) is 6.01 Å². The topological polar surface area (TPSA) is 79.9 Å². The van der Waals surface area contributed by atoms with Crippen molar-refractivity contribution in [1.29, 1.82) is 0 Å². The van der Waals surface area contributed by atoms with Gasteiger partial charge in [-0.05, 0) is 18.4 Å². The van der Waals surface area contributed by atoms with Crippen LogP contribution >= 0.6 is 23.1 Å². The molecule has 0 atom stereocenters. The van der Waals surface area contributed by atoms with Gasteiger partial charge in [-0.15, -0.1) is 28.2 Å². The molecular formula is C10H12N4O2S2. The molecule has 2 heterocycles. The van der Waals surface area contributed by atoms with Crippen LogP contribution in [0.5, 0.6) is 6.01 Å². The Hall–Kier alpha value is -1.54. The van der Waals surface area contributed by atoms with Gasteiger partial charge < -0.3 is 4.74 Å². The summed E-state index contributed by atoms with van der Waals surface area (Å²) in [5.41, 5.74) is 0. The zero-order chi connectivity index (χ0) is 12.8. The van der Waals surface area contributed by atoms with Crippen molar-refractivity contribution < 1.29 is 9.53 Å². The first-order valence-electron chi connectivity index (χ1n) is 5.29. The van der Waals surface area contributed by atoms with Gasteiger partial charge in [-0.1, -0.05) is 6.07 Å². The number of ether oxygens (including phenoxy) is 1. The van der Waals surface area contributed by atoms with E-state index in [1.807, 2.05) is 24.4 Å². The van der Waals surface area contributed by atoms with Crippen molar-refractivity contribution in [2.75, 3.05) is 17.7 Å². The first-order valence-corrected chi connectivity index (χ1v) is 7.16. The zero-order valence-corrected chi connectivity index (χ0v) is 11.3. The summed E-state index contributed by atoms with van der Waals surface area (Å²) in [6.45, 7) is 2.33. The van der Waals surface area contributed by atoms with E-state index in [2.05, 4.69) is 20.5 Å². The number of hydrogen-bond donors (Lipinski definition) is 2. The highest BCUT2D eigenvalue weighted by Crippen LogP contribution is 2.23. The molecule has 2 aromatic heterocycles. The largest absolute Gasteiger partial charge is 0.463 e.